The van der Waals surface area contributed by atoms with Gasteiger partial charge in [0.2, 0.25) is 5.95 Å². The number of hydrogen-bond donors (Lipinski definition) is 2. The fourth-order valence-electron chi connectivity index (χ4n) is 3.34. The third-order valence-electron chi connectivity index (χ3n) is 5.24. The predicted molar refractivity (Wildman–Crippen MR) is 128 cm³/mol. The number of halogens is 3. The first kappa shape index (κ1) is 23.7. The van der Waals surface area contributed by atoms with Crippen molar-refractivity contribution in [2.75, 3.05) is 17.7 Å². The van der Waals surface area contributed by atoms with E-state index >= 15 is 0 Å². The van der Waals surface area contributed by atoms with Crippen LogP contribution in [0.3, 0.4) is 0 Å². The van der Waals surface area contributed by atoms with Crippen molar-refractivity contribution in [3.8, 4) is 17.0 Å². The average Bonchev–Trinajstić information content (AvgIpc) is 2.86. The maximum atomic E-state index is 13.0. The van der Waals surface area contributed by atoms with Gasteiger partial charge in [0.1, 0.15) is 5.75 Å². The minimum atomic E-state index is -4.53. The first-order valence-electron chi connectivity index (χ1n) is 10.6. The van der Waals surface area contributed by atoms with Gasteiger partial charge in [-0.1, -0.05) is 12.1 Å². The van der Waals surface area contributed by atoms with Crippen LogP contribution in [-0.4, -0.2) is 23.0 Å². The van der Waals surface area contributed by atoms with Gasteiger partial charge < -0.3 is 15.4 Å². The van der Waals surface area contributed by atoms with Gasteiger partial charge in [-0.3, -0.25) is 4.79 Å². The molecule has 178 valence electrons. The van der Waals surface area contributed by atoms with Gasteiger partial charge in [0.25, 0.3) is 5.91 Å². The normalized spacial score (nSPS) is 11.1. The summed E-state index contributed by atoms with van der Waals surface area (Å²) in [6.45, 7) is 1.87. The lowest BCUT2D eigenvalue weighted by atomic mass is 10.1. The van der Waals surface area contributed by atoms with E-state index in [9.17, 15) is 18.0 Å². The summed E-state index contributed by atoms with van der Waals surface area (Å²) in [4.78, 5) is 21.4. The van der Waals surface area contributed by atoms with E-state index in [2.05, 4.69) is 20.6 Å². The summed E-state index contributed by atoms with van der Waals surface area (Å²) in [5.74, 6) is 0.437. The number of aryl methyl sites for hydroxylation is 1. The van der Waals surface area contributed by atoms with Gasteiger partial charge in [-0.2, -0.15) is 13.2 Å². The number of nitrogens with one attached hydrogen (secondary N) is 2. The lowest BCUT2D eigenvalue weighted by Crippen LogP contribution is -2.14. The molecule has 0 saturated carbocycles. The topological polar surface area (TPSA) is 76.1 Å². The summed E-state index contributed by atoms with van der Waals surface area (Å²) in [5.41, 5.74) is 2.52. The number of hydrogen-bond acceptors (Lipinski definition) is 5. The minimum Gasteiger partial charge on any atom is -0.497 e. The zero-order chi connectivity index (χ0) is 25.0. The largest absolute Gasteiger partial charge is 0.497 e. The summed E-state index contributed by atoms with van der Waals surface area (Å²) in [7, 11) is 1.60. The van der Waals surface area contributed by atoms with E-state index in [0.29, 0.717) is 23.0 Å². The highest BCUT2D eigenvalue weighted by Gasteiger charge is 2.30. The molecular formula is C26H21F3N4O2. The number of rotatable bonds is 6. The molecular weight excluding hydrogens is 457 g/mol. The highest BCUT2D eigenvalue weighted by atomic mass is 19.4. The maximum Gasteiger partial charge on any atom is 0.416 e. The molecule has 3 aromatic carbocycles. The SMILES string of the molecule is COc1ccc(-c2ccnc(Nc3cc(NC(=O)c4cccc(C(F)(F)F)c4)ccc3C)n2)cc1. The predicted octanol–water partition coefficient (Wildman–Crippen LogP) is 6.48. The Labute approximate surface area is 199 Å². The third-order valence-corrected chi connectivity index (χ3v) is 5.24. The molecule has 0 aliphatic rings. The Morgan fingerprint density at radius 1 is 0.971 bits per heavy atom. The van der Waals surface area contributed by atoms with Crippen LogP contribution in [0.5, 0.6) is 5.75 Å². The van der Waals surface area contributed by atoms with Crippen LogP contribution in [0.25, 0.3) is 11.3 Å². The molecule has 4 aromatic rings. The highest BCUT2D eigenvalue weighted by Crippen LogP contribution is 2.30. The number of carbonyl (C=O) groups is 1. The molecule has 9 heteroatoms. The number of amides is 1. The van der Waals surface area contributed by atoms with Gasteiger partial charge in [0.15, 0.2) is 0 Å². The molecule has 0 fully saturated rings. The molecule has 1 heterocycles. The molecule has 0 bridgehead atoms. The highest BCUT2D eigenvalue weighted by molar-refractivity contribution is 6.04. The van der Waals surface area contributed by atoms with E-state index in [1.807, 2.05) is 31.2 Å². The summed E-state index contributed by atoms with van der Waals surface area (Å²) in [6.07, 6.45) is -2.90. The molecule has 0 atom stereocenters. The quantitative estimate of drug-likeness (QED) is 0.332. The van der Waals surface area contributed by atoms with Crippen LogP contribution in [0.15, 0.2) is 79.0 Å². The first-order valence-corrected chi connectivity index (χ1v) is 10.6. The number of alkyl halides is 3. The molecule has 6 nitrogen and oxygen atoms in total. The van der Waals surface area contributed by atoms with Gasteiger partial charge in [0.05, 0.1) is 18.4 Å². The number of benzene rings is 3. The number of nitrogens with zero attached hydrogens (tertiary/aromatic N) is 2. The first-order chi connectivity index (χ1) is 16.7. The van der Waals surface area contributed by atoms with Crippen LogP contribution in [0.1, 0.15) is 21.5 Å². The van der Waals surface area contributed by atoms with Crippen molar-refractivity contribution in [1.29, 1.82) is 0 Å². The van der Waals surface area contributed by atoms with Crippen LogP contribution in [0.2, 0.25) is 0 Å². The second-order valence-electron chi connectivity index (χ2n) is 7.68. The molecule has 0 spiro atoms. The summed E-state index contributed by atoms with van der Waals surface area (Å²) in [5, 5.41) is 5.78. The van der Waals surface area contributed by atoms with Crippen molar-refractivity contribution in [3.05, 3.63) is 95.7 Å². The number of carbonyl (C=O) groups excluding carboxylic acids is 1. The Hall–Kier alpha value is -4.40. The average molecular weight is 478 g/mol. The Morgan fingerprint density at radius 2 is 1.74 bits per heavy atom. The van der Waals surface area contributed by atoms with E-state index in [1.165, 1.54) is 12.1 Å². The fraction of sp³-hybridized carbons (Fsp3) is 0.115. The van der Waals surface area contributed by atoms with E-state index < -0.39 is 17.6 Å². The van der Waals surface area contributed by atoms with Gasteiger partial charge in [-0.25, -0.2) is 9.97 Å². The maximum absolute atomic E-state index is 13.0. The summed E-state index contributed by atoms with van der Waals surface area (Å²) < 4.78 is 44.1. The lowest BCUT2D eigenvalue weighted by molar-refractivity contribution is -0.137. The number of methoxy groups -OCH3 is 1. The van der Waals surface area contributed by atoms with E-state index in [4.69, 9.17) is 4.74 Å². The van der Waals surface area contributed by atoms with Crippen LogP contribution in [0.4, 0.5) is 30.5 Å². The second-order valence-corrected chi connectivity index (χ2v) is 7.68. The Bertz CT molecular complexity index is 1360. The zero-order valence-electron chi connectivity index (χ0n) is 18.9. The van der Waals surface area contributed by atoms with Gasteiger partial charge >= 0.3 is 6.18 Å². The van der Waals surface area contributed by atoms with Crippen LogP contribution >= 0.6 is 0 Å². The molecule has 2 N–H and O–H groups in total. The van der Waals surface area contributed by atoms with Crippen LogP contribution in [-0.2, 0) is 6.18 Å². The van der Waals surface area contributed by atoms with Crippen molar-refractivity contribution in [2.24, 2.45) is 0 Å². The molecule has 0 saturated heterocycles. The Balaban J connectivity index is 1.53. The molecule has 4 rings (SSSR count). The van der Waals surface area contributed by atoms with Gasteiger partial charge in [-0.15, -0.1) is 0 Å². The molecule has 1 aromatic heterocycles. The number of anilines is 3. The summed E-state index contributed by atoms with van der Waals surface area (Å²) in [6, 6.07) is 18.6. The zero-order valence-corrected chi connectivity index (χ0v) is 18.9. The van der Waals surface area contributed by atoms with Crippen molar-refractivity contribution >= 4 is 23.2 Å². The molecule has 0 aliphatic carbocycles. The molecule has 1 amide bonds. The standard InChI is InChI=1S/C26H21F3N4O2/c1-16-6-9-20(31-24(34)18-4-3-5-19(14-18)26(27,28)29)15-23(16)33-25-30-13-12-22(32-25)17-7-10-21(35-2)11-8-17/h3-15H,1-2H3,(H,31,34)(H,30,32,33). The van der Waals surface area contributed by atoms with E-state index in [1.54, 1.807) is 37.6 Å². The van der Waals surface area contributed by atoms with E-state index in [-0.39, 0.29) is 5.56 Å². The Morgan fingerprint density at radius 3 is 2.46 bits per heavy atom. The fourth-order valence-corrected chi connectivity index (χ4v) is 3.34. The monoisotopic (exact) mass is 478 g/mol. The Kier molecular flexibility index (Phi) is 6.68. The lowest BCUT2D eigenvalue weighted by Gasteiger charge is -2.13. The van der Waals surface area contributed by atoms with Crippen LogP contribution in [0, 0.1) is 6.92 Å². The second kappa shape index (κ2) is 9.84. The van der Waals surface area contributed by atoms with Gasteiger partial charge in [-0.05, 0) is 73.2 Å². The van der Waals surface area contributed by atoms with Crippen molar-refractivity contribution < 1.29 is 22.7 Å². The molecule has 0 radical (unpaired) electrons. The van der Waals surface area contributed by atoms with E-state index in [0.717, 1.165) is 29.0 Å². The number of ether oxygens (including phenoxy) is 1. The summed E-state index contributed by atoms with van der Waals surface area (Å²) >= 11 is 0. The molecule has 0 unspecified atom stereocenters. The molecule has 0 aliphatic heterocycles. The smallest absolute Gasteiger partial charge is 0.416 e. The van der Waals surface area contributed by atoms with Crippen molar-refractivity contribution in [1.82, 2.24) is 9.97 Å². The van der Waals surface area contributed by atoms with Crippen molar-refractivity contribution in [3.63, 3.8) is 0 Å². The van der Waals surface area contributed by atoms with Crippen molar-refractivity contribution in [2.45, 2.75) is 13.1 Å². The van der Waals surface area contributed by atoms with Crippen LogP contribution < -0.4 is 15.4 Å². The molecule has 35 heavy (non-hydrogen) atoms. The minimum absolute atomic E-state index is 0.0922. The number of aromatic nitrogens is 2. The van der Waals surface area contributed by atoms with Gasteiger partial charge in [0, 0.05) is 28.7 Å². The third kappa shape index (κ3) is 5.75.